The maximum atomic E-state index is 13.8. The van der Waals surface area contributed by atoms with Gasteiger partial charge in [0.15, 0.2) is 11.5 Å². The molecule has 3 aromatic carbocycles. The third-order valence-electron chi connectivity index (χ3n) is 7.65. The Morgan fingerprint density at radius 2 is 1.64 bits per heavy atom. The van der Waals surface area contributed by atoms with E-state index < -0.39 is 0 Å². The highest BCUT2D eigenvalue weighted by atomic mass is 35.5. The first kappa shape index (κ1) is 25.2. The van der Waals surface area contributed by atoms with E-state index in [1.165, 1.54) is 0 Å². The minimum absolute atomic E-state index is 0.0895. The predicted molar refractivity (Wildman–Crippen MR) is 154 cm³/mol. The van der Waals surface area contributed by atoms with Gasteiger partial charge in [-0.3, -0.25) is 4.79 Å². The molecule has 0 aliphatic carbocycles. The van der Waals surface area contributed by atoms with Crippen LogP contribution in [0.1, 0.15) is 28.8 Å². The molecule has 1 aromatic heterocycles. The van der Waals surface area contributed by atoms with E-state index in [0.717, 1.165) is 59.6 Å². The van der Waals surface area contributed by atoms with Crippen LogP contribution in [0.2, 0.25) is 5.28 Å². The van der Waals surface area contributed by atoms with E-state index in [1.807, 2.05) is 48.2 Å². The standard InChI is InChI=1S/C30H30ClN5O3/c1-19-9-10-25-23(15-19)29(37)36(18-35(25)20-7-5-4-6-8-20)21-11-13-34(14-12-21)28-22-16-26(38-2)27(39-3)17-24(22)32-30(31)33-28/h4-10,15-17,21H,11-14,18H2,1-3H3. The van der Waals surface area contributed by atoms with Crippen LogP contribution in [0.15, 0.2) is 60.7 Å². The fourth-order valence-electron chi connectivity index (χ4n) is 5.66. The van der Waals surface area contributed by atoms with Crippen molar-refractivity contribution in [2.24, 2.45) is 0 Å². The SMILES string of the molecule is COc1cc2nc(Cl)nc(N3CCC(N4CN(c5ccccc5)c5ccc(C)cc5C4=O)CC3)c2cc1OC. The van der Waals surface area contributed by atoms with Crippen LogP contribution >= 0.6 is 11.6 Å². The molecule has 0 bridgehead atoms. The Hall–Kier alpha value is -4.04. The molecule has 1 amide bonds. The number of aromatic nitrogens is 2. The summed E-state index contributed by atoms with van der Waals surface area (Å²) < 4.78 is 11.0. The maximum absolute atomic E-state index is 13.8. The summed E-state index contributed by atoms with van der Waals surface area (Å²) in [4.78, 5) is 29.3. The van der Waals surface area contributed by atoms with Gasteiger partial charge in [-0.1, -0.05) is 29.8 Å². The van der Waals surface area contributed by atoms with Crippen LogP contribution in [0.5, 0.6) is 11.5 Å². The highest BCUT2D eigenvalue weighted by molar-refractivity contribution is 6.28. The maximum Gasteiger partial charge on any atom is 0.257 e. The lowest BCUT2D eigenvalue weighted by Crippen LogP contribution is -2.53. The number of rotatable bonds is 5. The Balaban J connectivity index is 1.28. The number of benzene rings is 3. The first-order valence-corrected chi connectivity index (χ1v) is 13.4. The quantitative estimate of drug-likeness (QED) is 0.293. The van der Waals surface area contributed by atoms with Crippen molar-refractivity contribution in [2.45, 2.75) is 25.8 Å². The summed E-state index contributed by atoms with van der Waals surface area (Å²) in [6.07, 6.45) is 1.62. The van der Waals surface area contributed by atoms with Crippen LogP contribution in [-0.4, -0.2) is 60.8 Å². The van der Waals surface area contributed by atoms with Gasteiger partial charge in [-0.05, 0) is 61.7 Å². The lowest BCUT2D eigenvalue weighted by molar-refractivity contribution is 0.0640. The van der Waals surface area contributed by atoms with Crippen molar-refractivity contribution in [3.63, 3.8) is 0 Å². The molecule has 9 heteroatoms. The van der Waals surface area contributed by atoms with E-state index >= 15 is 0 Å². The average molecular weight is 544 g/mol. The van der Waals surface area contributed by atoms with Gasteiger partial charge in [0, 0.05) is 36.3 Å². The minimum Gasteiger partial charge on any atom is -0.493 e. The Morgan fingerprint density at radius 1 is 0.923 bits per heavy atom. The third kappa shape index (κ3) is 4.59. The summed E-state index contributed by atoms with van der Waals surface area (Å²) in [6.45, 7) is 4.01. The lowest BCUT2D eigenvalue weighted by Gasteiger charge is -2.45. The number of hydrogen-bond donors (Lipinski definition) is 0. The summed E-state index contributed by atoms with van der Waals surface area (Å²) in [6, 6.07) is 20.2. The molecule has 2 aliphatic rings. The Kier molecular flexibility index (Phi) is 6.64. The van der Waals surface area contributed by atoms with Crippen LogP contribution in [0.3, 0.4) is 0 Å². The van der Waals surface area contributed by atoms with E-state index in [2.05, 4.69) is 44.0 Å². The van der Waals surface area contributed by atoms with Crippen molar-refractivity contribution in [2.75, 3.05) is 43.8 Å². The van der Waals surface area contributed by atoms with Gasteiger partial charge in [0.2, 0.25) is 5.28 Å². The van der Waals surface area contributed by atoms with Crippen molar-refractivity contribution in [3.8, 4) is 11.5 Å². The lowest BCUT2D eigenvalue weighted by atomic mass is 9.98. The number of carbonyl (C=O) groups is 1. The number of carbonyl (C=O) groups excluding carboxylic acids is 1. The summed E-state index contributed by atoms with van der Waals surface area (Å²) in [5, 5.41) is 1.03. The number of anilines is 3. The number of halogens is 1. The van der Waals surface area contributed by atoms with Gasteiger partial charge in [0.05, 0.1) is 37.7 Å². The van der Waals surface area contributed by atoms with E-state index in [1.54, 1.807) is 14.2 Å². The summed E-state index contributed by atoms with van der Waals surface area (Å²) >= 11 is 6.34. The number of methoxy groups -OCH3 is 2. The fourth-order valence-corrected chi connectivity index (χ4v) is 5.83. The number of amides is 1. The fraction of sp³-hybridized carbons (Fsp3) is 0.300. The van der Waals surface area contributed by atoms with Gasteiger partial charge in [-0.25, -0.2) is 4.98 Å². The van der Waals surface area contributed by atoms with Crippen molar-refractivity contribution in [1.29, 1.82) is 0 Å². The zero-order valence-corrected chi connectivity index (χ0v) is 23.0. The molecule has 0 spiro atoms. The number of hydrogen-bond acceptors (Lipinski definition) is 7. The van der Waals surface area contributed by atoms with Gasteiger partial charge < -0.3 is 24.2 Å². The normalized spacial score (nSPS) is 16.0. The Morgan fingerprint density at radius 3 is 2.36 bits per heavy atom. The highest BCUT2D eigenvalue weighted by Gasteiger charge is 2.36. The molecule has 2 aliphatic heterocycles. The van der Waals surface area contributed by atoms with E-state index in [9.17, 15) is 4.79 Å². The molecule has 6 rings (SSSR count). The molecule has 4 aromatic rings. The molecule has 39 heavy (non-hydrogen) atoms. The van der Waals surface area contributed by atoms with Crippen LogP contribution in [-0.2, 0) is 0 Å². The number of piperidine rings is 1. The van der Waals surface area contributed by atoms with Gasteiger partial charge >= 0.3 is 0 Å². The summed E-state index contributed by atoms with van der Waals surface area (Å²) in [5.74, 6) is 2.06. The smallest absolute Gasteiger partial charge is 0.257 e. The number of para-hydroxylation sites is 1. The van der Waals surface area contributed by atoms with Crippen LogP contribution < -0.4 is 19.3 Å². The molecular weight excluding hydrogens is 514 g/mol. The molecule has 1 fully saturated rings. The molecule has 0 radical (unpaired) electrons. The molecule has 0 unspecified atom stereocenters. The van der Waals surface area contributed by atoms with Crippen LogP contribution in [0, 0.1) is 6.92 Å². The number of nitrogens with zero attached hydrogens (tertiary/aromatic N) is 5. The van der Waals surface area contributed by atoms with Crippen molar-refractivity contribution < 1.29 is 14.3 Å². The molecule has 8 nitrogen and oxygen atoms in total. The van der Waals surface area contributed by atoms with Gasteiger partial charge in [0.25, 0.3) is 5.91 Å². The molecule has 1 saturated heterocycles. The number of fused-ring (bicyclic) bond motifs is 2. The number of ether oxygens (including phenoxy) is 2. The molecule has 0 N–H and O–H groups in total. The predicted octanol–water partition coefficient (Wildman–Crippen LogP) is 5.83. The Labute approximate surface area is 232 Å². The first-order valence-electron chi connectivity index (χ1n) is 13.0. The zero-order valence-electron chi connectivity index (χ0n) is 22.2. The number of aryl methyl sites for hydroxylation is 1. The average Bonchev–Trinajstić information content (AvgIpc) is 2.97. The highest BCUT2D eigenvalue weighted by Crippen LogP contribution is 2.39. The molecule has 3 heterocycles. The largest absolute Gasteiger partial charge is 0.493 e. The van der Waals surface area contributed by atoms with E-state index in [0.29, 0.717) is 23.7 Å². The molecule has 0 saturated carbocycles. The zero-order chi connectivity index (χ0) is 27.1. The minimum atomic E-state index is 0.0895. The monoisotopic (exact) mass is 543 g/mol. The summed E-state index contributed by atoms with van der Waals surface area (Å²) in [7, 11) is 3.21. The second kappa shape index (κ2) is 10.3. The second-order valence-corrected chi connectivity index (χ2v) is 10.3. The first-order chi connectivity index (χ1) is 19.0. The van der Waals surface area contributed by atoms with Crippen LogP contribution in [0.25, 0.3) is 10.9 Å². The topological polar surface area (TPSA) is 71.0 Å². The second-order valence-electron chi connectivity index (χ2n) is 9.96. The van der Waals surface area contributed by atoms with Crippen molar-refractivity contribution >= 4 is 45.6 Å². The van der Waals surface area contributed by atoms with Crippen molar-refractivity contribution in [1.82, 2.24) is 14.9 Å². The van der Waals surface area contributed by atoms with Crippen LogP contribution in [0.4, 0.5) is 17.2 Å². The van der Waals surface area contributed by atoms with Crippen molar-refractivity contribution in [3.05, 3.63) is 77.1 Å². The van der Waals surface area contributed by atoms with Gasteiger partial charge in [-0.2, -0.15) is 4.98 Å². The van der Waals surface area contributed by atoms with E-state index in [-0.39, 0.29) is 17.2 Å². The molecular formula is C30H30ClN5O3. The Bertz CT molecular complexity index is 1540. The third-order valence-corrected chi connectivity index (χ3v) is 7.82. The van der Waals surface area contributed by atoms with E-state index in [4.69, 9.17) is 21.1 Å². The summed E-state index contributed by atoms with van der Waals surface area (Å²) in [5.41, 5.74) is 4.55. The van der Waals surface area contributed by atoms with Gasteiger partial charge in [-0.15, -0.1) is 0 Å². The molecule has 200 valence electrons. The van der Waals surface area contributed by atoms with Gasteiger partial charge in [0.1, 0.15) is 5.82 Å². The molecule has 0 atom stereocenters.